The van der Waals surface area contributed by atoms with Crippen molar-refractivity contribution in [2.75, 3.05) is 10.2 Å². The van der Waals surface area contributed by atoms with Gasteiger partial charge in [0.25, 0.3) is 0 Å². The number of nitrogens with zero attached hydrogens (tertiary/aromatic N) is 2. The van der Waals surface area contributed by atoms with Gasteiger partial charge in [0.2, 0.25) is 5.91 Å². The summed E-state index contributed by atoms with van der Waals surface area (Å²) < 4.78 is 0. The van der Waals surface area contributed by atoms with Crippen molar-refractivity contribution in [2.45, 2.75) is 39.0 Å². The minimum atomic E-state index is -0.128. The third-order valence-corrected chi connectivity index (χ3v) is 7.15. The Morgan fingerprint density at radius 1 is 1.03 bits per heavy atom. The second-order valence-corrected chi connectivity index (χ2v) is 9.51. The molecule has 1 amide bonds. The fraction of sp³-hybridized carbons (Fsp3) is 0.200. The molecule has 0 bridgehead atoms. The standard InChI is InChI=1S/C30H29ClN4O/c1-3-29-34(19-22-9-4-6-11-25(22)31)30-26(32)12-8-14-28(30)35(29)23-17-15-21(16-18-23)24-10-5-7-13-27(24)33-20(2)36/h4-18,29-30,32H,3,19H2,1-2H3,(H,33,36). The largest absolute Gasteiger partial charge is 0.327 e. The van der Waals surface area contributed by atoms with Gasteiger partial charge in [0.1, 0.15) is 0 Å². The van der Waals surface area contributed by atoms with Crippen molar-refractivity contribution >= 4 is 34.6 Å². The number of para-hydroxylation sites is 1. The number of carbonyl (C=O) groups is 1. The lowest BCUT2D eigenvalue weighted by Crippen LogP contribution is -2.42. The van der Waals surface area contributed by atoms with Crippen LogP contribution in [-0.4, -0.2) is 28.7 Å². The van der Waals surface area contributed by atoms with E-state index in [4.69, 9.17) is 17.0 Å². The maximum Gasteiger partial charge on any atom is 0.221 e. The van der Waals surface area contributed by atoms with Crippen molar-refractivity contribution in [3.05, 3.63) is 107 Å². The number of amides is 1. The van der Waals surface area contributed by atoms with Gasteiger partial charge in [-0.05, 0) is 54.0 Å². The molecule has 1 aliphatic carbocycles. The van der Waals surface area contributed by atoms with Gasteiger partial charge in [-0.3, -0.25) is 9.69 Å². The molecular weight excluding hydrogens is 468 g/mol. The summed E-state index contributed by atoms with van der Waals surface area (Å²) in [6.07, 6.45) is 6.93. The molecule has 2 aliphatic rings. The van der Waals surface area contributed by atoms with E-state index < -0.39 is 0 Å². The fourth-order valence-electron chi connectivity index (χ4n) is 5.24. The maximum atomic E-state index is 11.7. The quantitative estimate of drug-likeness (QED) is 0.391. The minimum Gasteiger partial charge on any atom is -0.327 e. The highest BCUT2D eigenvalue weighted by Crippen LogP contribution is 2.40. The van der Waals surface area contributed by atoms with Crippen molar-refractivity contribution in [2.24, 2.45) is 0 Å². The van der Waals surface area contributed by atoms with Crippen molar-refractivity contribution in [3.8, 4) is 11.1 Å². The zero-order valence-corrected chi connectivity index (χ0v) is 21.2. The number of fused-ring (bicyclic) bond motifs is 1. The van der Waals surface area contributed by atoms with E-state index >= 15 is 0 Å². The molecule has 0 aromatic heterocycles. The second kappa shape index (κ2) is 10.1. The van der Waals surface area contributed by atoms with Gasteiger partial charge in [-0.1, -0.05) is 73.1 Å². The zero-order valence-electron chi connectivity index (χ0n) is 20.4. The molecule has 1 saturated heterocycles. The molecule has 5 nitrogen and oxygen atoms in total. The van der Waals surface area contributed by atoms with Crippen LogP contribution < -0.4 is 10.2 Å². The number of anilines is 2. The van der Waals surface area contributed by atoms with Gasteiger partial charge >= 0.3 is 0 Å². The van der Waals surface area contributed by atoms with E-state index in [-0.39, 0.29) is 18.1 Å². The SMILES string of the molecule is CCC1N(c2ccc(-c3ccccc3NC(C)=O)cc2)C2=CC=CC(=N)C2N1Cc1ccccc1Cl. The monoisotopic (exact) mass is 496 g/mol. The summed E-state index contributed by atoms with van der Waals surface area (Å²) in [5.74, 6) is -0.0914. The first-order chi connectivity index (χ1) is 17.5. The van der Waals surface area contributed by atoms with Crippen LogP contribution >= 0.6 is 11.6 Å². The van der Waals surface area contributed by atoms with Gasteiger partial charge in [0.05, 0.1) is 17.9 Å². The Morgan fingerprint density at radius 3 is 2.47 bits per heavy atom. The average molecular weight is 497 g/mol. The summed E-state index contributed by atoms with van der Waals surface area (Å²) in [6.45, 7) is 4.37. The topological polar surface area (TPSA) is 59.4 Å². The first-order valence-electron chi connectivity index (χ1n) is 12.2. The highest BCUT2D eigenvalue weighted by atomic mass is 35.5. The zero-order chi connectivity index (χ0) is 25.2. The predicted octanol–water partition coefficient (Wildman–Crippen LogP) is 6.87. The summed E-state index contributed by atoms with van der Waals surface area (Å²) in [4.78, 5) is 16.4. The van der Waals surface area contributed by atoms with Gasteiger partial charge in [-0.15, -0.1) is 0 Å². The minimum absolute atomic E-state index is 0.0790. The van der Waals surface area contributed by atoms with Crippen LogP contribution in [0.15, 0.2) is 96.7 Å². The molecule has 0 spiro atoms. The Hall–Kier alpha value is -3.67. The van der Waals surface area contributed by atoms with Crippen LogP contribution in [0.25, 0.3) is 11.1 Å². The molecule has 1 heterocycles. The molecule has 2 N–H and O–H groups in total. The molecule has 1 aliphatic heterocycles. The molecule has 0 saturated carbocycles. The average Bonchev–Trinajstić information content (AvgIpc) is 3.20. The van der Waals surface area contributed by atoms with Gasteiger partial charge in [0.15, 0.2) is 0 Å². The Morgan fingerprint density at radius 2 is 1.75 bits per heavy atom. The molecular formula is C30H29ClN4O. The van der Waals surface area contributed by atoms with Crippen LogP contribution in [0, 0.1) is 5.41 Å². The number of hydrogen-bond acceptors (Lipinski definition) is 4. The van der Waals surface area contributed by atoms with Crippen LogP contribution in [0.1, 0.15) is 25.8 Å². The van der Waals surface area contributed by atoms with Gasteiger partial charge in [0, 0.05) is 41.1 Å². The third-order valence-electron chi connectivity index (χ3n) is 6.78. The number of carbonyl (C=O) groups excluding carboxylic acids is 1. The van der Waals surface area contributed by atoms with Crippen LogP contribution in [0.2, 0.25) is 5.02 Å². The van der Waals surface area contributed by atoms with Crippen LogP contribution in [-0.2, 0) is 11.3 Å². The molecule has 5 rings (SSSR count). The third kappa shape index (κ3) is 4.48. The fourth-order valence-corrected chi connectivity index (χ4v) is 5.43. The Kier molecular flexibility index (Phi) is 6.77. The van der Waals surface area contributed by atoms with E-state index in [0.717, 1.165) is 45.2 Å². The van der Waals surface area contributed by atoms with E-state index in [2.05, 4.69) is 58.4 Å². The molecule has 6 heteroatoms. The van der Waals surface area contributed by atoms with Gasteiger partial charge in [-0.2, -0.15) is 0 Å². The van der Waals surface area contributed by atoms with Crippen LogP contribution in [0.5, 0.6) is 0 Å². The normalized spacial score (nSPS) is 19.2. The second-order valence-electron chi connectivity index (χ2n) is 9.10. The highest BCUT2D eigenvalue weighted by Gasteiger charge is 2.44. The molecule has 3 aromatic rings. The maximum absolute atomic E-state index is 11.7. The number of allylic oxidation sites excluding steroid dienone is 2. The summed E-state index contributed by atoms with van der Waals surface area (Å²) in [5.41, 5.74) is 6.63. The molecule has 1 fully saturated rings. The predicted molar refractivity (Wildman–Crippen MR) is 148 cm³/mol. The van der Waals surface area contributed by atoms with Crippen molar-refractivity contribution < 1.29 is 4.79 Å². The highest BCUT2D eigenvalue weighted by molar-refractivity contribution is 6.31. The van der Waals surface area contributed by atoms with Crippen LogP contribution in [0.3, 0.4) is 0 Å². The van der Waals surface area contributed by atoms with Crippen molar-refractivity contribution in [3.63, 3.8) is 0 Å². The Bertz CT molecular complexity index is 1360. The van der Waals surface area contributed by atoms with Gasteiger partial charge in [-0.25, -0.2) is 0 Å². The molecule has 0 radical (unpaired) electrons. The Balaban J connectivity index is 1.51. The van der Waals surface area contributed by atoms with E-state index in [1.54, 1.807) is 0 Å². The number of benzene rings is 3. The number of hydrogen-bond donors (Lipinski definition) is 2. The smallest absolute Gasteiger partial charge is 0.221 e. The summed E-state index contributed by atoms with van der Waals surface area (Å²) >= 11 is 6.53. The van der Waals surface area contributed by atoms with Gasteiger partial charge < -0.3 is 15.6 Å². The summed E-state index contributed by atoms with van der Waals surface area (Å²) in [6, 6.07) is 24.1. The lowest BCUT2D eigenvalue weighted by Gasteiger charge is -2.31. The summed E-state index contributed by atoms with van der Waals surface area (Å²) in [5, 5.41) is 12.4. The summed E-state index contributed by atoms with van der Waals surface area (Å²) in [7, 11) is 0. The lowest BCUT2D eigenvalue weighted by molar-refractivity contribution is -0.114. The first kappa shape index (κ1) is 24.0. The molecule has 2 atom stereocenters. The first-order valence-corrected chi connectivity index (χ1v) is 12.6. The van der Waals surface area contributed by atoms with E-state index in [1.807, 2.05) is 54.6 Å². The number of nitrogens with one attached hydrogen (secondary N) is 2. The van der Waals surface area contributed by atoms with Crippen molar-refractivity contribution in [1.82, 2.24) is 4.90 Å². The lowest BCUT2D eigenvalue weighted by atomic mass is 10.0. The van der Waals surface area contributed by atoms with E-state index in [1.165, 1.54) is 6.92 Å². The van der Waals surface area contributed by atoms with Crippen LogP contribution in [0.4, 0.5) is 11.4 Å². The Labute approximate surface area is 217 Å². The molecule has 3 aromatic carbocycles. The molecule has 2 unspecified atom stereocenters. The van der Waals surface area contributed by atoms with E-state index in [9.17, 15) is 4.79 Å². The number of halogens is 1. The molecule has 182 valence electrons. The van der Waals surface area contributed by atoms with Crippen molar-refractivity contribution in [1.29, 1.82) is 5.41 Å². The number of rotatable bonds is 6. The molecule has 36 heavy (non-hydrogen) atoms. The van der Waals surface area contributed by atoms with E-state index in [0.29, 0.717) is 12.3 Å².